The minimum absolute atomic E-state index is 0.121. The Labute approximate surface area is 169 Å². The Balaban J connectivity index is 1.37. The highest BCUT2D eigenvalue weighted by molar-refractivity contribution is 6.02. The molecule has 0 atom stereocenters. The van der Waals surface area contributed by atoms with Crippen LogP contribution in [-0.4, -0.2) is 42.1 Å². The number of carbonyl (C=O) groups is 1. The second kappa shape index (κ2) is 8.26. The first-order chi connectivity index (χ1) is 14.1. The summed E-state index contributed by atoms with van der Waals surface area (Å²) in [6.07, 6.45) is 3.02. The maximum Gasteiger partial charge on any atom is 0.275 e. The summed E-state index contributed by atoms with van der Waals surface area (Å²) in [5.41, 5.74) is 2.75. The Kier molecular flexibility index (Phi) is 5.37. The van der Waals surface area contributed by atoms with Gasteiger partial charge in [-0.1, -0.05) is 24.3 Å². The maximum atomic E-state index is 13.7. The van der Waals surface area contributed by atoms with E-state index in [0.717, 1.165) is 32.0 Å². The van der Waals surface area contributed by atoms with E-state index < -0.39 is 11.7 Å². The van der Waals surface area contributed by atoms with Crippen molar-refractivity contribution in [1.82, 2.24) is 9.97 Å². The third-order valence-electron chi connectivity index (χ3n) is 4.96. The van der Waals surface area contributed by atoms with E-state index in [2.05, 4.69) is 56.3 Å². The Morgan fingerprint density at radius 2 is 1.72 bits per heavy atom. The van der Waals surface area contributed by atoms with E-state index in [0.29, 0.717) is 0 Å². The molecule has 1 fully saturated rings. The standard InChI is InChI=1S/C22H22FN5O/c1-16-5-4-6-17(13-16)27-9-11-28(12-10-27)21-15-24-20(14-25-21)22(29)26-19-8-3-2-7-18(19)23/h2-8,13-15H,9-12H2,1H3,(H,26,29). The zero-order chi connectivity index (χ0) is 20.2. The van der Waals surface area contributed by atoms with E-state index in [4.69, 9.17) is 0 Å². The zero-order valence-corrected chi connectivity index (χ0v) is 16.2. The number of amides is 1. The van der Waals surface area contributed by atoms with Gasteiger partial charge in [0.2, 0.25) is 0 Å². The highest BCUT2D eigenvalue weighted by Crippen LogP contribution is 2.20. The van der Waals surface area contributed by atoms with E-state index in [-0.39, 0.29) is 11.4 Å². The lowest BCUT2D eigenvalue weighted by Gasteiger charge is -2.36. The van der Waals surface area contributed by atoms with Crippen molar-refractivity contribution < 1.29 is 9.18 Å². The fraction of sp³-hybridized carbons (Fsp3) is 0.227. The third-order valence-corrected chi connectivity index (χ3v) is 4.96. The lowest BCUT2D eigenvalue weighted by molar-refractivity contribution is 0.102. The van der Waals surface area contributed by atoms with Crippen LogP contribution in [-0.2, 0) is 0 Å². The van der Waals surface area contributed by atoms with Crippen molar-refractivity contribution in [2.75, 3.05) is 41.3 Å². The Morgan fingerprint density at radius 3 is 2.41 bits per heavy atom. The van der Waals surface area contributed by atoms with Gasteiger partial charge in [0.05, 0.1) is 18.1 Å². The summed E-state index contributed by atoms with van der Waals surface area (Å²) in [5.74, 6) is -0.244. The van der Waals surface area contributed by atoms with Crippen LogP contribution >= 0.6 is 0 Å². The van der Waals surface area contributed by atoms with Crippen molar-refractivity contribution in [2.45, 2.75) is 6.92 Å². The molecule has 1 saturated heterocycles. The number of anilines is 3. The molecule has 0 spiro atoms. The number of aryl methyl sites for hydroxylation is 1. The first-order valence-electron chi connectivity index (χ1n) is 9.54. The zero-order valence-electron chi connectivity index (χ0n) is 16.2. The number of nitrogens with zero attached hydrogens (tertiary/aromatic N) is 4. The van der Waals surface area contributed by atoms with Gasteiger partial charge in [0.25, 0.3) is 5.91 Å². The summed E-state index contributed by atoms with van der Waals surface area (Å²) in [6, 6.07) is 14.5. The summed E-state index contributed by atoms with van der Waals surface area (Å²) in [4.78, 5) is 25.4. The molecule has 29 heavy (non-hydrogen) atoms. The first-order valence-corrected chi connectivity index (χ1v) is 9.54. The molecule has 1 N–H and O–H groups in total. The molecule has 148 valence electrons. The molecule has 0 radical (unpaired) electrons. The van der Waals surface area contributed by atoms with Crippen LogP contribution in [0.25, 0.3) is 0 Å². The van der Waals surface area contributed by atoms with Crippen LogP contribution in [0.5, 0.6) is 0 Å². The molecule has 0 saturated carbocycles. The van der Waals surface area contributed by atoms with E-state index in [1.54, 1.807) is 18.3 Å². The van der Waals surface area contributed by atoms with Gasteiger partial charge in [0.15, 0.2) is 0 Å². The van der Waals surface area contributed by atoms with Crippen molar-refractivity contribution in [3.63, 3.8) is 0 Å². The summed E-state index contributed by atoms with van der Waals surface area (Å²) in [7, 11) is 0. The van der Waals surface area contributed by atoms with E-state index in [1.165, 1.54) is 29.6 Å². The second-order valence-electron chi connectivity index (χ2n) is 7.01. The monoisotopic (exact) mass is 391 g/mol. The highest BCUT2D eigenvalue weighted by Gasteiger charge is 2.19. The normalized spacial score (nSPS) is 14.0. The average molecular weight is 391 g/mol. The molecule has 6 nitrogen and oxygen atoms in total. The molecule has 0 unspecified atom stereocenters. The van der Waals surface area contributed by atoms with Crippen LogP contribution in [0.4, 0.5) is 21.6 Å². The number of carbonyl (C=O) groups excluding carboxylic acids is 1. The molecular formula is C22H22FN5O. The van der Waals surface area contributed by atoms with E-state index in [1.807, 2.05) is 0 Å². The Bertz CT molecular complexity index is 1000. The number of hydrogen-bond acceptors (Lipinski definition) is 5. The van der Waals surface area contributed by atoms with Gasteiger partial charge in [-0.05, 0) is 36.8 Å². The number of aromatic nitrogens is 2. The van der Waals surface area contributed by atoms with E-state index >= 15 is 0 Å². The molecule has 0 aliphatic carbocycles. The van der Waals surface area contributed by atoms with Crippen molar-refractivity contribution in [3.8, 4) is 0 Å². The van der Waals surface area contributed by atoms with Crippen molar-refractivity contribution in [1.29, 1.82) is 0 Å². The van der Waals surface area contributed by atoms with Gasteiger partial charge in [0.1, 0.15) is 17.3 Å². The van der Waals surface area contributed by atoms with Gasteiger partial charge in [-0.2, -0.15) is 0 Å². The molecule has 0 bridgehead atoms. The summed E-state index contributed by atoms with van der Waals surface area (Å²) >= 11 is 0. The molecule has 1 aromatic heterocycles. The summed E-state index contributed by atoms with van der Waals surface area (Å²) in [5, 5.41) is 2.52. The first kappa shape index (κ1) is 18.9. The fourth-order valence-electron chi connectivity index (χ4n) is 3.37. The molecule has 1 amide bonds. The fourth-order valence-corrected chi connectivity index (χ4v) is 3.37. The quantitative estimate of drug-likeness (QED) is 0.738. The number of halogens is 1. The van der Waals surface area contributed by atoms with Crippen LogP contribution < -0.4 is 15.1 Å². The maximum absolute atomic E-state index is 13.7. The van der Waals surface area contributed by atoms with Crippen LogP contribution in [0, 0.1) is 12.7 Å². The number of rotatable bonds is 4. The molecular weight excluding hydrogens is 369 g/mol. The van der Waals surface area contributed by atoms with Gasteiger partial charge in [-0.3, -0.25) is 4.79 Å². The summed E-state index contributed by atoms with van der Waals surface area (Å²) < 4.78 is 13.7. The topological polar surface area (TPSA) is 61.4 Å². The third kappa shape index (κ3) is 4.34. The van der Waals surface area contributed by atoms with Gasteiger partial charge < -0.3 is 15.1 Å². The van der Waals surface area contributed by atoms with Crippen molar-refractivity contribution in [2.24, 2.45) is 0 Å². The molecule has 1 aliphatic rings. The molecule has 1 aliphatic heterocycles. The van der Waals surface area contributed by atoms with Crippen LogP contribution in [0.15, 0.2) is 60.9 Å². The molecule has 7 heteroatoms. The Hall–Kier alpha value is -3.48. The number of benzene rings is 2. The molecule has 2 heterocycles. The smallest absolute Gasteiger partial charge is 0.275 e. The number of para-hydroxylation sites is 1. The number of nitrogens with one attached hydrogen (secondary N) is 1. The predicted molar refractivity (Wildman–Crippen MR) is 112 cm³/mol. The average Bonchev–Trinajstić information content (AvgIpc) is 2.75. The minimum atomic E-state index is -0.489. The molecule has 4 rings (SSSR count). The summed E-state index contributed by atoms with van der Waals surface area (Å²) in [6.45, 7) is 5.52. The van der Waals surface area contributed by atoms with Gasteiger partial charge in [-0.15, -0.1) is 0 Å². The molecule has 2 aromatic carbocycles. The largest absolute Gasteiger partial charge is 0.368 e. The minimum Gasteiger partial charge on any atom is -0.368 e. The van der Waals surface area contributed by atoms with Crippen molar-refractivity contribution >= 4 is 23.1 Å². The van der Waals surface area contributed by atoms with Crippen LogP contribution in [0.2, 0.25) is 0 Å². The lowest BCUT2D eigenvalue weighted by atomic mass is 10.2. The van der Waals surface area contributed by atoms with Crippen molar-refractivity contribution in [3.05, 3.63) is 78.0 Å². The Morgan fingerprint density at radius 1 is 0.966 bits per heavy atom. The number of hydrogen-bond donors (Lipinski definition) is 1. The predicted octanol–water partition coefficient (Wildman–Crippen LogP) is 3.50. The van der Waals surface area contributed by atoms with E-state index in [9.17, 15) is 9.18 Å². The van der Waals surface area contributed by atoms with Crippen LogP contribution in [0.1, 0.15) is 16.1 Å². The van der Waals surface area contributed by atoms with Gasteiger partial charge in [0, 0.05) is 31.9 Å². The van der Waals surface area contributed by atoms with Gasteiger partial charge >= 0.3 is 0 Å². The SMILES string of the molecule is Cc1cccc(N2CCN(c3cnc(C(=O)Nc4ccccc4F)cn3)CC2)c1. The van der Waals surface area contributed by atoms with Gasteiger partial charge in [-0.25, -0.2) is 14.4 Å². The van der Waals surface area contributed by atoms with Crippen LogP contribution in [0.3, 0.4) is 0 Å². The highest BCUT2D eigenvalue weighted by atomic mass is 19.1. The number of piperazine rings is 1. The lowest BCUT2D eigenvalue weighted by Crippen LogP contribution is -2.46. The second-order valence-corrected chi connectivity index (χ2v) is 7.01. The molecule has 3 aromatic rings.